The predicted octanol–water partition coefficient (Wildman–Crippen LogP) is 1.98. The largest absolute Gasteiger partial charge is 0.474 e. The summed E-state index contributed by atoms with van der Waals surface area (Å²) in [7, 11) is 0. The lowest BCUT2D eigenvalue weighted by Crippen LogP contribution is -2.07. The molecule has 72 valence electrons. The van der Waals surface area contributed by atoms with Gasteiger partial charge in [-0.3, -0.25) is 5.41 Å². The fourth-order valence-electron chi connectivity index (χ4n) is 0.507. The molecule has 0 fully saturated rings. The Hall–Kier alpha value is -1.51. The van der Waals surface area contributed by atoms with E-state index in [0.717, 1.165) is 11.1 Å². The van der Waals surface area contributed by atoms with Gasteiger partial charge in [0.2, 0.25) is 5.90 Å². The second-order valence-corrected chi connectivity index (χ2v) is 2.99. The average Bonchev–Trinajstić information content (AvgIpc) is 2.00. The number of allylic oxidation sites excluding steroid dienone is 1. The van der Waals surface area contributed by atoms with E-state index in [1.54, 1.807) is 6.92 Å². The first kappa shape index (κ1) is 11.5. The highest BCUT2D eigenvalue weighted by Gasteiger charge is 1.96. The van der Waals surface area contributed by atoms with Gasteiger partial charge in [0.15, 0.2) is 0 Å². The summed E-state index contributed by atoms with van der Waals surface area (Å²) < 4.78 is 5.01. The molecule has 0 aliphatic heterocycles. The van der Waals surface area contributed by atoms with E-state index >= 15 is 0 Å². The Labute approximate surface area is 79.1 Å². The van der Waals surface area contributed by atoms with Crippen molar-refractivity contribution in [3.05, 3.63) is 36.1 Å². The molecule has 0 aromatic heterocycles. The van der Waals surface area contributed by atoms with Crippen molar-refractivity contribution in [2.24, 2.45) is 5.73 Å². The number of nitrogens with two attached hydrogens (primary N) is 1. The molecule has 0 aliphatic carbocycles. The molecule has 3 heteroatoms. The van der Waals surface area contributed by atoms with Gasteiger partial charge in [0.05, 0.1) is 0 Å². The van der Waals surface area contributed by atoms with Crippen LogP contribution in [-0.2, 0) is 4.74 Å². The third-order valence-corrected chi connectivity index (χ3v) is 1.25. The quantitative estimate of drug-likeness (QED) is 0.301. The molecule has 3 N–H and O–H groups in total. The zero-order valence-electron chi connectivity index (χ0n) is 8.18. The summed E-state index contributed by atoms with van der Waals surface area (Å²) in [6, 6.07) is 0. The third-order valence-electron chi connectivity index (χ3n) is 1.25. The average molecular weight is 180 g/mol. The molecule has 0 saturated carbocycles. The lowest BCUT2D eigenvalue weighted by molar-refractivity contribution is 0.340. The summed E-state index contributed by atoms with van der Waals surface area (Å²) in [5.74, 6) is 0.0310. The standard InChI is InChI=1S/C10H16N2O/c1-7(2)6-13-10(12)5-9(11)8(3)4/h5,12H,1,3,6,11H2,2,4H3/b9-5-,12-10?. The van der Waals surface area contributed by atoms with Gasteiger partial charge in [0, 0.05) is 11.8 Å². The van der Waals surface area contributed by atoms with Crippen molar-refractivity contribution in [3.63, 3.8) is 0 Å². The van der Waals surface area contributed by atoms with Crippen LogP contribution >= 0.6 is 0 Å². The van der Waals surface area contributed by atoms with Gasteiger partial charge in [-0.25, -0.2) is 0 Å². The summed E-state index contributed by atoms with van der Waals surface area (Å²) in [4.78, 5) is 0. The molecular formula is C10H16N2O. The first-order valence-corrected chi connectivity index (χ1v) is 3.92. The van der Waals surface area contributed by atoms with Gasteiger partial charge in [-0.1, -0.05) is 13.2 Å². The van der Waals surface area contributed by atoms with E-state index in [-0.39, 0.29) is 5.90 Å². The summed E-state index contributed by atoms with van der Waals surface area (Å²) in [5, 5.41) is 7.34. The highest BCUT2D eigenvalue weighted by molar-refractivity contribution is 5.86. The monoisotopic (exact) mass is 180 g/mol. The lowest BCUT2D eigenvalue weighted by Gasteiger charge is -2.04. The summed E-state index contributed by atoms with van der Waals surface area (Å²) in [6.45, 7) is 11.2. The molecule has 0 bridgehead atoms. The maximum Gasteiger partial charge on any atom is 0.208 e. The van der Waals surface area contributed by atoms with Gasteiger partial charge in [-0.2, -0.15) is 0 Å². The van der Waals surface area contributed by atoms with Crippen LogP contribution in [0.4, 0.5) is 0 Å². The summed E-state index contributed by atoms with van der Waals surface area (Å²) in [6.07, 6.45) is 1.44. The summed E-state index contributed by atoms with van der Waals surface area (Å²) in [5.41, 5.74) is 7.60. The number of rotatable bonds is 4. The van der Waals surface area contributed by atoms with E-state index in [1.807, 2.05) is 6.92 Å². The molecule has 0 radical (unpaired) electrons. The predicted molar refractivity (Wildman–Crippen MR) is 55.6 cm³/mol. The van der Waals surface area contributed by atoms with Gasteiger partial charge >= 0.3 is 0 Å². The molecule has 3 nitrogen and oxygen atoms in total. The molecule has 0 atom stereocenters. The number of hydrogen-bond donors (Lipinski definition) is 2. The molecule has 0 unspecified atom stereocenters. The molecule has 0 saturated heterocycles. The van der Waals surface area contributed by atoms with Crippen molar-refractivity contribution in [2.75, 3.05) is 6.61 Å². The van der Waals surface area contributed by atoms with Crippen LogP contribution in [0.2, 0.25) is 0 Å². The Bertz CT molecular complexity index is 264. The lowest BCUT2D eigenvalue weighted by atomic mass is 10.2. The second-order valence-electron chi connectivity index (χ2n) is 2.99. The third kappa shape index (κ3) is 5.73. The molecule has 0 rings (SSSR count). The first-order valence-electron chi connectivity index (χ1n) is 3.92. The molecule has 0 aromatic carbocycles. The topological polar surface area (TPSA) is 59.1 Å². The van der Waals surface area contributed by atoms with Crippen molar-refractivity contribution in [3.8, 4) is 0 Å². The first-order chi connectivity index (χ1) is 5.93. The van der Waals surface area contributed by atoms with Crippen LogP contribution in [0.15, 0.2) is 36.1 Å². The number of hydrogen-bond acceptors (Lipinski definition) is 3. The van der Waals surface area contributed by atoms with Crippen LogP contribution in [0.5, 0.6) is 0 Å². The van der Waals surface area contributed by atoms with E-state index in [1.165, 1.54) is 6.08 Å². The maximum absolute atomic E-state index is 7.34. The zero-order valence-corrected chi connectivity index (χ0v) is 8.18. The van der Waals surface area contributed by atoms with Crippen LogP contribution in [0.3, 0.4) is 0 Å². The smallest absolute Gasteiger partial charge is 0.208 e. The normalized spacial score (nSPS) is 10.8. The van der Waals surface area contributed by atoms with Crippen molar-refractivity contribution < 1.29 is 4.74 Å². The van der Waals surface area contributed by atoms with Gasteiger partial charge in [0.25, 0.3) is 0 Å². The van der Waals surface area contributed by atoms with Crippen molar-refractivity contribution in [1.29, 1.82) is 5.41 Å². The van der Waals surface area contributed by atoms with Gasteiger partial charge in [-0.15, -0.1) is 0 Å². The Morgan fingerprint density at radius 2 is 2.00 bits per heavy atom. The van der Waals surface area contributed by atoms with Gasteiger partial charge in [-0.05, 0) is 25.0 Å². The Kier molecular flexibility index (Phi) is 4.59. The molecule has 0 heterocycles. The Balaban J connectivity index is 4.07. The van der Waals surface area contributed by atoms with E-state index in [2.05, 4.69) is 13.2 Å². The molecule has 0 spiro atoms. The van der Waals surface area contributed by atoms with Gasteiger partial charge < -0.3 is 10.5 Å². The number of nitrogens with one attached hydrogen (secondary N) is 1. The van der Waals surface area contributed by atoms with Gasteiger partial charge in [0.1, 0.15) is 6.61 Å². The van der Waals surface area contributed by atoms with E-state index in [0.29, 0.717) is 12.3 Å². The minimum Gasteiger partial charge on any atom is -0.474 e. The van der Waals surface area contributed by atoms with Crippen molar-refractivity contribution in [1.82, 2.24) is 0 Å². The van der Waals surface area contributed by atoms with Crippen molar-refractivity contribution in [2.45, 2.75) is 13.8 Å². The minimum atomic E-state index is 0.0310. The second kappa shape index (κ2) is 5.19. The van der Waals surface area contributed by atoms with Crippen LogP contribution in [0, 0.1) is 5.41 Å². The van der Waals surface area contributed by atoms with E-state index in [9.17, 15) is 0 Å². The Morgan fingerprint density at radius 3 is 2.38 bits per heavy atom. The van der Waals surface area contributed by atoms with Crippen LogP contribution in [0.1, 0.15) is 13.8 Å². The van der Waals surface area contributed by atoms with E-state index < -0.39 is 0 Å². The van der Waals surface area contributed by atoms with Crippen LogP contribution in [-0.4, -0.2) is 12.5 Å². The van der Waals surface area contributed by atoms with Crippen molar-refractivity contribution >= 4 is 5.90 Å². The minimum absolute atomic E-state index is 0.0310. The molecular weight excluding hydrogens is 164 g/mol. The fraction of sp³-hybridized carbons (Fsp3) is 0.300. The maximum atomic E-state index is 7.34. The Morgan fingerprint density at radius 1 is 1.46 bits per heavy atom. The molecule has 0 amide bonds. The summed E-state index contributed by atoms with van der Waals surface area (Å²) >= 11 is 0. The van der Waals surface area contributed by atoms with Crippen LogP contribution < -0.4 is 5.73 Å². The molecule has 0 aliphatic rings. The molecule has 13 heavy (non-hydrogen) atoms. The molecule has 0 aromatic rings. The fourth-order valence-corrected chi connectivity index (χ4v) is 0.507. The van der Waals surface area contributed by atoms with Crippen LogP contribution in [0.25, 0.3) is 0 Å². The SMILES string of the molecule is C=C(C)COC(=N)/C=C(\N)C(=C)C. The highest BCUT2D eigenvalue weighted by atomic mass is 16.5. The highest BCUT2D eigenvalue weighted by Crippen LogP contribution is 1.99. The number of ether oxygens (including phenoxy) is 1. The van der Waals surface area contributed by atoms with E-state index in [4.69, 9.17) is 15.9 Å². The zero-order chi connectivity index (χ0) is 10.4.